The smallest absolute Gasteiger partial charge is 0.142 e. The lowest BCUT2D eigenvalue weighted by Crippen LogP contribution is -2.14. The second-order valence-electron chi connectivity index (χ2n) is 3.20. The predicted molar refractivity (Wildman–Crippen MR) is 60.7 cm³/mol. The molecule has 14 heavy (non-hydrogen) atoms. The van der Waals surface area contributed by atoms with Crippen LogP contribution in [-0.4, -0.2) is 11.3 Å². The van der Waals surface area contributed by atoms with E-state index in [2.05, 4.69) is 13.5 Å². The van der Waals surface area contributed by atoms with Crippen LogP contribution in [0, 0.1) is 10.6 Å². The minimum Gasteiger partial charge on any atom is -0.413 e. The van der Waals surface area contributed by atoms with E-state index in [9.17, 15) is 0 Å². The molecule has 0 saturated carbocycles. The van der Waals surface area contributed by atoms with Gasteiger partial charge in [-0.1, -0.05) is 31.3 Å². The number of hydrogen-bond acceptors (Lipinski definition) is 2. The first-order valence-electron chi connectivity index (χ1n) is 4.67. The van der Waals surface area contributed by atoms with Crippen LogP contribution in [-0.2, 0) is 0 Å². The number of aromatic nitrogens is 1. The van der Waals surface area contributed by atoms with Crippen LogP contribution in [0.4, 0.5) is 0 Å². The van der Waals surface area contributed by atoms with Crippen molar-refractivity contribution < 1.29 is 4.84 Å². The fourth-order valence-corrected chi connectivity index (χ4v) is 1.17. The molecule has 1 atom stereocenters. The van der Waals surface area contributed by atoms with Crippen molar-refractivity contribution in [2.75, 3.05) is 6.61 Å². The molecule has 2 nitrogen and oxygen atoms in total. The van der Waals surface area contributed by atoms with Gasteiger partial charge in [-0.15, -0.1) is 6.58 Å². The van der Waals surface area contributed by atoms with E-state index in [0.29, 0.717) is 17.2 Å². The van der Waals surface area contributed by atoms with Gasteiger partial charge in [-0.25, -0.2) is 0 Å². The molecular weight excluding hydrogens is 194 g/mol. The van der Waals surface area contributed by atoms with Gasteiger partial charge in [-0.3, -0.25) is 0 Å². The van der Waals surface area contributed by atoms with Crippen LogP contribution >= 0.6 is 12.2 Å². The SMILES string of the molecule is C=CC(C)CCOn1ccccc1=S. The van der Waals surface area contributed by atoms with E-state index in [1.54, 1.807) is 4.73 Å². The Morgan fingerprint density at radius 2 is 2.43 bits per heavy atom. The molecule has 0 fully saturated rings. The summed E-state index contributed by atoms with van der Waals surface area (Å²) in [5.74, 6) is 0.480. The zero-order valence-electron chi connectivity index (χ0n) is 8.35. The Hall–Kier alpha value is -1.09. The Bertz CT molecular complexity index is 345. The summed E-state index contributed by atoms with van der Waals surface area (Å²) in [5, 5.41) is 0. The first-order valence-corrected chi connectivity index (χ1v) is 5.08. The normalized spacial score (nSPS) is 12.1. The van der Waals surface area contributed by atoms with E-state index in [1.165, 1.54) is 0 Å². The zero-order chi connectivity index (χ0) is 10.4. The van der Waals surface area contributed by atoms with Gasteiger partial charge in [0.05, 0.1) is 0 Å². The maximum atomic E-state index is 5.47. The lowest BCUT2D eigenvalue weighted by Gasteiger charge is -2.10. The molecule has 0 spiro atoms. The average molecular weight is 209 g/mol. The summed E-state index contributed by atoms with van der Waals surface area (Å²) in [6.45, 7) is 6.49. The highest BCUT2D eigenvalue weighted by Crippen LogP contribution is 2.01. The summed E-state index contributed by atoms with van der Waals surface area (Å²) in [4.78, 5) is 5.47. The van der Waals surface area contributed by atoms with Crippen molar-refractivity contribution in [1.82, 2.24) is 4.73 Å². The molecule has 0 saturated heterocycles. The lowest BCUT2D eigenvalue weighted by molar-refractivity contribution is 0.0988. The fraction of sp³-hybridized carbons (Fsp3) is 0.364. The van der Waals surface area contributed by atoms with Gasteiger partial charge < -0.3 is 4.84 Å². The van der Waals surface area contributed by atoms with Crippen molar-refractivity contribution in [3.63, 3.8) is 0 Å². The summed E-state index contributed by atoms with van der Waals surface area (Å²) in [6, 6.07) is 5.63. The van der Waals surface area contributed by atoms with Gasteiger partial charge in [-0.05, 0) is 24.5 Å². The van der Waals surface area contributed by atoms with Crippen LogP contribution < -0.4 is 4.84 Å². The van der Waals surface area contributed by atoms with Crippen molar-refractivity contribution in [1.29, 1.82) is 0 Å². The van der Waals surface area contributed by atoms with Crippen molar-refractivity contribution in [2.45, 2.75) is 13.3 Å². The van der Waals surface area contributed by atoms with Crippen LogP contribution in [0.5, 0.6) is 0 Å². The number of allylic oxidation sites excluding steroid dienone is 1. The topological polar surface area (TPSA) is 14.2 Å². The number of rotatable bonds is 5. The molecule has 1 unspecified atom stereocenters. The molecule has 0 bridgehead atoms. The summed E-state index contributed by atoms with van der Waals surface area (Å²) in [6.07, 6.45) is 4.70. The minimum absolute atomic E-state index is 0.480. The Labute approximate surface area is 89.8 Å². The van der Waals surface area contributed by atoms with Gasteiger partial charge in [0, 0.05) is 6.20 Å². The van der Waals surface area contributed by atoms with Gasteiger partial charge in [0.25, 0.3) is 0 Å². The minimum atomic E-state index is 0.480. The first kappa shape index (κ1) is 11.0. The van der Waals surface area contributed by atoms with Gasteiger partial charge >= 0.3 is 0 Å². The highest BCUT2D eigenvalue weighted by Gasteiger charge is 1.96. The molecule has 3 heteroatoms. The standard InChI is InChI=1S/C11H15NOS/c1-3-10(2)7-9-13-12-8-5-4-6-11(12)14/h3-6,8,10H,1,7,9H2,2H3. The Balaban J connectivity index is 2.42. The molecule has 0 radical (unpaired) electrons. The Kier molecular flexibility index (Phi) is 4.40. The molecule has 1 aromatic heterocycles. The maximum absolute atomic E-state index is 5.47. The molecule has 0 amide bonds. The fourth-order valence-electron chi connectivity index (χ4n) is 0.974. The number of nitrogens with zero attached hydrogens (tertiary/aromatic N) is 1. The second-order valence-corrected chi connectivity index (χ2v) is 3.62. The molecule has 0 N–H and O–H groups in total. The van der Waals surface area contributed by atoms with Gasteiger partial charge in [-0.2, -0.15) is 4.73 Å². The molecule has 1 rings (SSSR count). The van der Waals surface area contributed by atoms with Crippen molar-refractivity contribution in [3.05, 3.63) is 41.7 Å². The maximum Gasteiger partial charge on any atom is 0.142 e. The van der Waals surface area contributed by atoms with Crippen molar-refractivity contribution >= 4 is 12.2 Å². The van der Waals surface area contributed by atoms with Crippen molar-refractivity contribution in [2.24, 2.45) is 5.92 Å². The van der Waals surface area contributed by atoms with Crippen LogP contribution in [0.1, 0.15) is 13.3 Å². The average Bonchev–Trinajstić information content (AvgIpc) is 2.20. The van der Waals surface area contributed by atoms with Crippen LogP contribution in [0.3, 0.4) is 0 Å². The van der Waals surface area contributed by atoms with Gasteiger partial charge in [0.15, 0.2) is 0 Å². The number of pyridine rings is 1. The highest BCUT2D eigenvalue weighted by atomic mass is 32.1. The molecule has 1 aromatic rings. The predicted octanol–water partition coefficient (Wildman–Crippen LogP) is 2.86. The quantitative estimate of drug-likeness (QED) is 0.547. The van der Waals surface area contributed by atoms with E-state index in [4.69, 9.17) is 17.1 Å². The zero-order valence-corrected chi connectivity index (χ0v) is 9.17. The third-order valence-corrected chi connectivity index (χ3v) is 2.31. The van der Waals surface area contributed by atoms with E-state index in [1.807, 2.05) is 30.5 Å². The van der Waals surface area contributed by atoms with Crippen LogP contribution in [0.25, 0.3) is 0 Å². The van der Waals surface area contributed by atoms with Gasteiger partial charge in [0.1, 0.15) is 11.2 Å². The Morgan fingerprint density at radius 1 is 1.64 bits per heavy atom. The monoisotopic (exact) mass is 209 g/mol. The van der Waals surface area contributed by atoms with Crippen LogP contribution in [0.15, 0.2) is 37.1 Å². The highest BCUT2D eigenvalue weighted by molar-refractivity contribution is 7.71. The third-order valence-electron chi connectivity index (χ3n) is 1.99. The van der Waals surface area contributed by atoms with E-state index >= 15 is 0 Å². The molecule has 0 aliphatic rings. The molecule has 0 aliphatic carbocycles. The van der Waals surface area contributed by atoms with Gasteiger partial charge in [0.2, 0.25) is 0 Å². The first-order chi connectivity index (χ1) is 6.74. The third kappa shape index (κ3) is 3.34. The summed E-state index contributed by atoms with van der Waals surface area (Å²) >= 11 is 5.08. The number of hydrogen-bond donors (Lipinski definition) is 0. The lowest BCUT2D eigenvalue weighted by atomic mass is 10.1. The van der Waals surface area contributed by atoms with E-state index < -0.39 is 0 Å². The Morgan fingerprint density at radius 3 is 3.07 bits per heavy atom. The van der Waals surface area contributed by atoms with Crippen LogP contribution in [0.2, 0.25) is 0 Å². The molecule has 0 aliphatic heterocycles. The molecule has 1 heterocycles. The van der Waals surface area contributed by atoms with E-state index in [-0.39, 0.29) is 0 Å². The summed E-state index contributed by atoms with van der Waals surface area (Å²) in [5.41, 5.74) is 0. The summed E-state index contributed by atoms with van der Waals surface area (Å²) in [7, 11) is 0. The molecule has 0 aromatic carbocycles. The van der Waals surface area contributed by atoms with Crippen molar-refractivity contribution in [3.8, 4) is 0 Å². The van der Waals surface area contributed by atoms with E-state index in [0.717, 1.165) is 6.42 Å². The molecule has 76 valence electrons. The largest absolute Gasteiger partial charge is 0.413 e. The summed E-state index contributed by atoms with van der Waals surface area (Å²) < 4.78 is 2.31. The molecular formula is C11H15NOS. The second kappa shape index (κ2) is 5.60.